The van der Waals surface area contributed by atoms with E-state index in [1.807, 2.05) is 0 Å². The van der Waals surface area contributed by atoms with Crippen LogP contribution in [0.2, 0.25) is 0 Å². The molecule has 1 N–H and O–H groups in total. The molecule has 0 aliphatic heterocycles. The van der Waals surface area contributed by atoms with Crippen molar-refractivity contribution in [2.75, 3.05) is 0 Å². The minimum Gasteiger partial charge on any atom is -0.481 e. The first kappa shape index (κ1) is 18.5. The molecule has 0 amide bonds. The average Bonchev–Trinajstić information content (AvgIpc) is 3.07. The summed E-state index contributed by atoms with van der Waals surface area (Å²) in [5.74, 6) is 0.0147. The Morgan fingerprint density at radius 2 is 1.86 bits per heavy atom. The van der Waals surface area contributed by atoms with Crippen LogP contribution in [-0.2, 0) is 24.1 Å². The molecule has 1 aliphatic carbocycles. The van der Waals surface area contributed by atoms with Crippen molar-refractivity contribution in [3.8, 4) is 16.9 Å². The summed E-state index contributed by atoms with van der Waals surface area (Å²) in [6, 6.07) is 21.6. The highest BCUT2D eigenvalue weighted by Crippen LogP contribution is 2.35. The summed E-state index contributed by atoms with van der Waals surface area (Å²) in [5, 5.41) is 8.83. The summed E-state index contributed by atoms with van der Waals surface area (Å²) >= 11 is 0. The largest absolute Gasteiger partial charge is 0.481 e. The summed E-state index contributed by atoms with van der Waals surface area (Å²) in [5.41, 5.74) is 7.81. The second-order valence-corrected chi connectivity index (χ2v) is 7.96. The number of hydrogen-bond donors (Lipinski definition) is 1. The van der Waals surface area contributed by atoms with Crippen LogP contribution < -0.4 is 0 Å². The zero-order chi connectivity index (χ0) is 19.5. The highest BCUT2D eigenvalue weighted by Gasteiger charge is 2.23. The quantitative estimate of drug-likeness (QED) is 0.604. The number of benzene rings is 2. The Hall–Kier alpha value is -2.81. The number of nitrogens with zero attached hydrogens (tertiary/aromatic N) is 1. The lowest BCUT2D eigenvalue weighted by molar-refractivity contribution is -0.137. The number of carboxylic acid groups (broad SMARTS) is 1. The molecule has 3 nitrogen and oxygen atoms in total. The topological polar surface area (TPSA) is 42.2 Å². The molecular weight excluding hydrogens is 346 g/mol. The lowest BCUT2D eigenvalue weighted by Crippen LogP contribution is -2.13. The fourth-order valence-electron chi connectivity index (χ4n) is 4.28. The number of carboxylic acids is 1. The first-order valence-corrected chi connectivity index (χ1v) is 10.2. The van der Waals surface area contributed by atoms with E-state index in [1.54, 1.807) is 0 Å². The Kier molecular flexibility index (Phi) is 5.34. The molecular formula is C25H27NO2. The van der Waals surface area contributed by atoms with Gasteiger partial charge in [-0.2, -0.15) is 0 Å². The minimum atomic E-state index is -0.725. The van der Waals surface area contributed by atoms with E-state index in [2.05, 4.69) is 72.2 Å². The molecule has 0 fully saturated rings. The molecule has 144 valence electrons. The third kappa shape index (κ3) is 3.89. The van der Waals surface area contributed by atoms with Gasteiger partial charge in [-0.15, -0.1) is 0 Å². The predicted octanol–water partition coefficient (Wildman–Crippen LogP) is 5.68. The zero-order valence-corrected chi connectivity index (χ0v) is 16.4. The van der Waals surface area contributed by atoms with Crippen LogP contribution >= 0.6 is 0 Å². The molecule has 0 bridgehead atoms. The molecule has 1 heterocycles. The van der Waals surface area contributed by atoms with Gasteiger partial charge in [-0.25, -0.2) is 0 Å². The van der Waals surface area contributed by atoms with Crippen LogP contribution in [0.1, 0.15) is 43.0 Å². The Morgan fingerprint density at radius 1 is 1.11 bits per heavy atom. The first-order chi connectivity index (χ1) is 13.6. The van der Waals surface area contributed by atoms with E-state index in [4.69, 9.17) is 5.11 Å². The maximum Gasteiger partial charge on any atom is 0.303 e. The number of aliphatic carboxylic acids is 1. The molecule has 28 heavy (non-hydrogen) atoms. The number of carbonyl (C=O) groups is 1. The van der Waals surface area contributed by atoms with Crippen molar-refractivity contribution in [3.63, 3.8) is 0 Å². The third-order valence-electron chi connectivity index (χ3n) is 5.75. The minimum absolute atomic E-state index is 0.225. The lowest BCUT2D eigenvalue weighted by atomic mass is 9.89. The number of hydrogen-bond acceptors (Lipinski definition) is 1. The number of aromatic nitrogens is 1. The second-order valence-electron chi connectivity index (χ2n) is 7.96. The van der Waals surface area contributed by atoms with Crippen LogP contribution in [0.25, 0.3) is 16.9 Å². The van der Waals surface area contributed by atoms with E-state index in [0.29, 0.717) is 6.42 Å². The van der Waals surface area contributed by atoms with Crippen LogP contribution in [0.4, 0.5) is 0 Å². The maximum absolute atomic E-state index is 10.7. The normalized spacial score (nSPS) is 16.0. The smallest absolute Gasteiger partial charge is 0.303 e. The van der Waals surface area contributed by atoms with Gasteiger partial charge in [0, 0.05) is 17.8 Å². The standard InChI is InChI=1S/C25H27NO2/c1-18-10-15-23-21(16-18)17-24(20-7-3-2-4-8-20)26(23)22-13-11-19(12-14-22)6-5-9-25(27)28/h2-4,7-8,11-14,17-18H,5-6,9-10,15-16H2,1H3,(H,27,28). The van der Waals surface area contributed by atoms with Crippen molar-refractivity contribution in [1.29, 1.82) is 0 Å². The van der Waals surface area contributed by atoms with E-state index in [9.17, 15) is 4.79 Å². The van der Waals surface area contributed by atoms with Gasteiger partial charge in [-0.3, -0.25) is 4.79 Å². The van der Waals surface area contributed by atoms with E-state index in [-0.39, 0.29) is 6.42 Å². The van der Waals surface area contributed by atoms with Gasteiger partial charge in [0.2, 0.25) is 0 Å². The van der Waals surface area contributed by atoms with E-state index in [1.165, 1.54) is 40.2 Å². The molecule has 1 atom stereocenters. The van der Waals surface area contributed by atoms with Gasteiger partial charge < -0.3 is 9.67 Å². The van der Waals surface area contributed by atoms with Crippen LogP contribution in [0.5, 0.6) is 0 Å². The van der Waals surface area contributed by atoms with Crippen molar-refractivity contribution in [1.82, 2.24) is 4.57 Å². The third-order valence-corrected chi connectivity index (χ3v) is 5.75. The number of fused-ring (bicyclic) bond motifs is 1. The highest BCUT2D eigenvalue weighted by atomic mass is 16.4. The molecule has 1 unspecified atom stereocenters. The lowest BCUT2D eigenvalue weighted by Gasteiger charge is -2.21. The van der Waals surface area contributed by atoms with Crippen molar-refractivity contribution < 1.29 is 9.90 Å². The number of rotatable bonds is 6. The van der Waals surface area contributed by atoms with Crippen molar-refractivity contribution in [2.45, 2.75) is 45.4 Å². The van der Waals surface area contributed by atoms with E-state index >= 15 is 0 Å². The van der Waals surface area contributed by atoms with Gasteiger partial charge in [0.05, 0.1) is 5.69 Å². The first-order valence-electron chi connectivity index (χ1n) is 10.2. The van der Waals surface area contributed by atoms with Gasteiger partial charge in [0.1, 0.15) is 0 Å². The SMILES string of the molecule is CC1CCc2c(cc(-c3ccccc3)n2-c2ccc(CCCC(=O)O)cc2)C1. The molecule has 0 spiro atoms. The zero-order valence-electron chi connectivity index (χ0n) is 16.4. The second kappa shape index (κ2) is 8.05. The Morgan fingerprint density at radius 3 is 2.57 bits per heavy atom. The van der Waals surface area contributed by atoms with Crippen LogP contribution in [0.3, 0.4) is 0 Å². The van der Waals surface area contributed by atoms with Crippen LogP contribution in [0.15, 0.2) is 60.7 Å². The van der Waals surface area contributed by atoms with Crippen molar-refractivity contribution in [2.24, 2.45) is 5.92 Å². The summed E-state index contributed by atoms with van der Waals surface area (Å²) in [6.45, 7) is 2.34. The fraction of sp³-hybridized carbons (Fsp3) is 0.320. The fourth-order valence-corrected chi connectivity index (χ4v) is 4.28. The summed E-state index contributed by atoms with van der Waals surface area (Å²) < 4.78 is 2.43. The van der Waals surface area contributed by atoms with E-state index < -0.39 is 5.97 Å². The summed E-state index contributed by atoms with van der Waals surface area (Å²) in [7, 11) is 0. The summed E-state index contributed by atoms with van der Waals surface area (Å²) in [4.78, 5) is 10.7. The van der Waals surface area contributed by atoms with Crippen LogP contribution in [0, 0.1) is 5.92 Å². The van der Waals surface area contributed by atoms with Crippen molar-refractivity contribution in [3.05, 3.63) is 77.5 Å². The molecule has 4 rings (SSSR count). The molecule has 0 saturated carbocycles. The molecule has 0 saturated heterocycles. The van der Waals surface area contributed by atoms with Crippen LogP contribution in [-0.4, -0.2) is 15.6 Å². The molecule has 1 aliphatic rings. The van der Waals surface area contributed by atoms with Gasteiger partial charge in [-0.05, 0) is 72.9 Å². The maximum atomic E-state index is 10.7. The van der Waals surface area contributed by atoms with Gasteiger partial charge in [0.15, 0.2) is 0 Å². The molecule has 1 aromatic heterocycles. The highest BCUT2D eigenvalue weighted by molar-refractivity contribution is 5.67. The van der Waals surface area contributed by atoms with Gasteiger partial charge in [-0.1, -0.05) is 49.4 Å². The molecule has 3 aromatic rings. The molecule has 0 radical (unpaired) electrons. The Bertz CT molecular complexity index is 954. The molecule has 2 aromatic carbocycles. The number of aryl methyl sites for hydroxylation is 1. The Labute approximate surface area is 166 Å². The van der Waals surface area contributed by atoms with E-state index in [0.717, 1.165) is 25.2 Å². The van der Waals surface area contributed by atoms with Crippen molar-refractivity contribution >= 4 is 5.97 Å². The molecule has 3 heteroatoms. The Balaban J connectivity index is 1.69. The summed E-state index contributed by atoms with van der Waals surface area (Å²) in [6.07, 6.45) is 5.21. The van der Waals surface area contributed by atoms with Gasteiger partial charge in [0.25, 0.3) is 0 Å². The average molecular weight is 373 g/mol. The monoisotopic (exact) mass is 373 g/mol. The predicted molar refractivity (Wildman–Crippen MR) is 113 cm³/mol. The van der Waals surface area contributed by atoms with Gasteiger partial charge >= 0.3 is 5.97 Å².